The van der Waals surface area contributed by atoms with Gasteiger partial charge in [-0.3, -0.25) is 4.79 Å². The van der Waals surface area contributed by atoms with Crippen LogP contribution in [0.4, 0.5) is 0 Å². The monoisotopic (exact) mass is 135 g/mol. The number of rotatable bonds is 1. The van der Waals surface area contributed by atoms with Crippen molar-refractivity contribution in [3.8, 4) is 5.75 Å². The Balaban J connectivity index is 3.00. The smallest absolute Gasteiger partial charge is 0.159 e. The Labute approximate surface area is 59.1 Å². The fourth-order valence-corrected chi connectivity index (χ4v) is 0.696. The van der Waals surface area contributed by atoms with E-state index in [1.165, 1.54) is 19.1 Å². The molecule has 0 saturated heterocycles. The fourth-order valence-electron chi connectivity index (χ4n) is 0.696. The normalized spacial score (nSPS) is 9.30. The van der Waals surface area contributed by atoms with E-state index in [-0.39, 0.29) is 11.5 Å². The molecule has 1 aromatic rings. The number of phenolic OH excluding ortho intramolecular Hbond substituents is 1. The summed E-state index contributed by atoms with van der Waals surface area (Å²) in [6.45, 7) is 1.49. The van der Waals surface area contributed by atoms with Gasteiger partial charge in [0.1, 0.15) is 5.75 Å². The second-order valence-electron chi connectivity index (χ2n) is 2.10. The lowest BCUT2D eigenvalue weighted by Crippen LogP contribution is -1.89. The molecule has 0 heterocycles. The van der Waals surface area contributed by atoms with Gasteiger partial charge in [-0.05, 0) is 31.2 Å². The van der Waals surface area contributed by atoms with E-state index in [1.807, 2.05) is 0 Å². The van der Waals surface area contributed by atoms with Crippen molar-refractivity contribution < 1.29 is 9.90 Å². The predicted molar refractivity (Wildman–Crippen MR) is 38.1 cm³/mol. The molecule has 0 aliphatic rings. The Morgan fingerprint density at radius 3 is 2.20 bits per heavy atom. The minimum absolute atomic E-state index is 0.0139. The van der Waals surface area contributed by atoms with E-state index >= 15 is 0 Å². The summed E-state index contributed by atoms with van der Waals surface area (Å²) in [7, 11) is 0. The second kappa shape index (κ2) is 2.52. The number of ketones is 1. The van der Waals surface area contributed by atoms with Gasteiger partial charge in [-0.2, -0.15) is 0 Å². The van der Waals surface area contributed by atoms with Crippen LogP contribution < -0.4 is 0 Å². The van der Waals surface area contributed by atoms with Gasteiger partial charge in [0.2, 0.25) is 0 Å². The van der Waals surface area contributed by atoms with Crippen LogP contribution in [-0.2, 0) is 0 Å². The Hall–Kier alpha value is -1.31. The van der Waals surface area contributed by atoms with Crippen molar-refractivity contribution in [1.29, 1.82) is 0 Å². The maximum atomic E-state index is 10.7. The molecule has 1 rings (SSSR count). The van der Waals surface area contributed by atoms with Crippen LogP contribution in [0.15, 0.2) is 24.3 Å². The summed E-state index contributed by atoms with van der Waals surface area (Å²) >= 11 is 0. The third-order valence-electron chi connectivity index (χ3n) is 1.27. The Morgan fingerprint density at radius 2 is 1.80 bits per heavy atom. The molecular formula is C8H8O2. The van der Waals surface area contributed by atoms with Crippen molar-refractivity contribution in [2.75, 3.05) is 0 Å². The molecule has 0 aromatic heterocycles. The number of hydrogen-bond acceptors (Lipinski definition) is 2. The number of carbonyl (C=O) groups is 1. The third-order valence-corrected chi connectivity index (χ3v) is 1.27. The maximum Gasteiger partial charge on any atom is 0.159 e. The SMILES string of the molecule is [11CH3]C(=O)c1ccc(O)cc1. The molecule has 0 radical (unpaired) electrons. The van der Waals surface area contributed by atoms with E-state index in [9.17, 15) is 4.79 Å². The largest absolute Gasteiger partial charge is 0.508 e. The Bertz CT molecular complexity index is 236. The van der Waals surface area contributed by atoms with Crippen LogP contribution in [0.25, 0.3) is 0 Å². The molecule has 0 unspecified atom stereocenters. The molecular weight excluding hydrogens is 127 g/mol. The minimum Gasteiger partial charge on any atom is -0.508 e. The van der Waals surface area contributed by atoms with Gasteiger partial charge < -0.3 is 5.11 Å². The molecule has 0 spiro atoms. The molecule has 0 aliphatic carbocycles. The second-order valence-corrected chi connectivity index (χ2v) is 2.10. The first kappa shape index (κ1) is 6.81. The van der Waals surface area contributed by atoms with Gasteiger partial charge in [-0.15, -0.1) is 0 Å². The highest BCUT2D eigenvalue weighted by Crippen LogP contribution is 2.09. The molecule has 0 amide bonds. The van der Waals surface area contributed by atoms with Gasteiger partial charge in [0.05, 0.1) is 0 Å². The van der Waals surface area contributed by atoms with E-state index < -0.39 is 0 Å². The van der Waals surface area contributed by atoms with Gasteiger partial charge in [-0.25, -0.2) is 0 Å². The highest BCUT2D eigenvalue weighted by Gasteiger charge is 1.96. The average Bonchev–Trinajstić information content (AvgIpc) is 1.88. The number of benzene rings is 1. The lowest BCUT2D eigenvalue weighted by atomic mass is 10.0. The highest BCUT2D eigenvalue weighted by atomic mass is 16.3. The topological polar surface area (TPSA) is 37.3 Å². The lowest BCUT2D eigenvalue weighted by molar-refractivity contribution is 0.101. The number of Topliss-reactive ketones (excluding diaryl/α,β-unsaturated/α-hetero) is 1. The first-order valence-corrected chi connectivity index (χ1v) is 3.00. The number of carbonyl (C=O) groups excluding carboxylic acids is 1. The van der Waals surface area contributed by atoms with Crippen molar-refractivity contribution >= 4 is 5.78 Å². The standard InChI is InChI=1S/C8H8O2/c1-6(9)7-2-4-8(10)5-3-7/h2-5,10H,1H3/i1-1. The van der Waals surface area contributed by atoms with Crippen LogP contribution in [0.1, 0.15) is 17.3 Å². The summed E-state index contributed by atoms with van der Waals surface area (Å²) in [5.74, 6) is 0.199. The van der Waals surface area contributed by atoms with Crippen molar-refractivity contribution in [1.82, 2.24) is 0 Å². The van der Waals surface area contributed by atoms with E-state index in [2.05, 4.69) is 0 Å². The molecule has 1 aromatic carbocycles. The van der Waals surface area contributed by atoms with Gasteiger partial charge in [-0.1, -0.05) is 0 Å². The molecule has 0 bridgehead atoms. The van der Waals surface area contributed by atoms with Crippen LogP contribution >= 0.6 is 0 Å². The molecule has 2 nitrogen and oxygen atoms in total. The van der Waals surface area contributed by atoms with Crippen LogP contribution in [0.3, 0.4) is 0 Å². The van der Waals surface area contributed by atoms with Crippen LogP contribution in [-0.4, -0.2) is 10.9 Å². The van der Waals surface area contributed by atoms with E-state index in [4.69, 9.17) is 5.11 Å². The summed E-state index contributed by atoms with van der Waals surface area (Å²) in [4.78, 5) is 10.7. The summed E-state index contributed by atoms with van der Waals surface area (Å²) in [6, 6.07) is 6.18. The van der Waals surface area contributed by atoms with E-state index in [0.717, 1.165) is 0 Å². The van der Waals surface area contributed by atoms with Crippen LogP contribution in [0, 0.1) is 0 Å². The Morgan fingerprint density at radius 1 is 1.30 bits per heavy atom. The number of hydrogen-bond donors (Lipinski definition) is 1. The highest BCUT2D eigenvalue weighted by molar-refractivity contribution is 5.94. The van der Waals surface area contributed by atoms with E-state index in [0.29, 0.717) is 5.56 Å². The zero-order chi connectivity index (χ0) is 7.56. The fraction of sp³-hybridized carbons (Fsp3) is 0.125. The predicted octanol–water partition coefficient (Wildman–Crippen LogP) is 1.59. The van der Waals surface area contributed by atoms with E-state index in [1.54, 1.807) is 12.1 Å². The van der Waals surface area contributed by atoms with Crippen molar-refractivity contribution in [2.45, 2.75) is 6.92 Å². The van der Waals surface area contributed by atoms with Crippen molar-refractivity contribution in [3.05, 3.63) is 29.8 Å². The van der Waals surface area contributed by atoms with Gasteiger partial charge in [0.15, 0.2) is 5.78 Å². The molecule has 2 heteroatoms. The molecule has 10 heavy (non-hydrogen) atoms. The third kappa shape index (κ3) is 1.35. The quantitative estimate of drug-likeness (QED) is 0.594. The van der Waals surface area contributed by atoms with Crippen molar-refractivity contribution in [3.63, 3.8) is 0 Å². The molecule has 0 fully saturated rings. The molecule has 52 valence electrons. The summed E-state index contributed by atoms with van der Waals surface area (Å²) in [5.41, 5.74) is 0.623. The molecule has 0 aliphatic heterocycles. The van der Waals surface area contributed by atoms with Crippen LogP contribution in [0.5, 0.6) is 5.75 Å². The summed E-state index contributed by atoms with van der Waals surface area (Å²) < 4.78 is 0. The average molecular weight is 135 g/mol. The first-order valence-electron chi connectivity index (χ1n) is 3.00. The Kier molecular flexibility index (Phi) is 1.71. The first-order chi connectivity index (χ1) is 4.70. The lowest BCUT2D eigenvalue weighted by Gasteiger charge is -1.93. The zero-order valence-corrected chi connectivity index (χ0v) is 5.66. The van der Waals surface area contributed by atoms with Gasteiger partial charge in [0.25, 0.3) is 0 Å². The number of aromatic hydroxyl groups is 1. The zero-order valence-electron chi connectivity index (χ0n) is 5.66. The minimum atomic E-state index is 0.0139. The van der Waals surface area contributed by atoms with Crippen LogP contribution in [0.2, 0.25) is 0 Å². The van der Waals surface area contributed by atoms with Crippen molar-refractivity contribution in [2.24, 2.45) is 0 Å². The summed E-state index contributed by atoms with van der Waals surface area (Å²) in [5, 5.41) is 8.83. The molecule has 1 N–H and O–H groups in total. The number of phenols is 1. The maximum absolute atomic E-state index is 10.7. The molecule has 0 atom stereocenters. The molecule has 0 saturated carbocycles. The van der Waals surface area contributed by atoms with Gasteiger partial charge in [0, 0.05) is 5.56 Å². The van der Waals surface area contributed by atoms with Gasteiger partial charge >= 0.3 is 0 Å². The summed E-state index contributed by atoms with van der Waals surface area (Å²) in [6.07, 6.45) is 0.